The minimum absolute atomic E-state index is 0.170. The molecule has 182 valence electrons. The lowest BCUT2D eigenvalue weighted by Gasteiger charge is -2.26. The summed E-state index contributed by atoms with van der Waals surface area (Å²) in [5.41, 5.74) is 2.48. The molecule has 3 aromatic rings. The van der Waals surface area contributed by atoms with Crippen molar-refractivity contribution in [3.8, 4) is 0 Å². The molecular formula is C25H32N4O3S2. The summed E-state index contributed by atoms with van der Waals surface area (Å²) >= 11 is 1.51. The molecule has 0 spiro atoms. The van der Waals surface area contributed by atoms with Gasteiger partial charge in [0.1, 0.15) is 0 Å². The zero-order valence-corrected chi connectivity index (χ0v) is 21.7. The van der Waals surface area contributed by atoms with E-state index in [1.54, 1.807) is 33.5 Å². The molecule has 1 aliphatic rings. The van der Waals surface area contributed by atoms with E-state index in [-0.39, 0.29) is 10.8 Å². The van der Waals surface area contributed by atoms with Gasteiger partial charge in [-0.1, -0.05) is 23.8 Å². The maximum Gasteiger partial charge on any atom is 0.260 e. The number of hydrogen-bond acceptors (Lipinski definition) is 6. The molecule has 0 aliphatic carbocycles. The van der Waals surface area contributed by atoms with Crippen LogP contribution in [0.2, 0.25) is 0 Å². The lowest BCUT2D eigenvalue weighted by atomic mass is 10.2. The minimum atomic E-state index is -3.53. The summed E-state index contributed by atoms with van der Waals surface area (Å²) in [7, 11) is 0.487. The van der Waals surface area contributed by atoms with E-state index in [9.17, 15) is 13.2 Å². The van der Waals surface area contributed by atoms with Crippen molar-refractivity contribution < 1.29 is 13.2 Å². The van der Waals surface area contributed by atoms with E-state index in [0.717, 1.165) is 48.0 Å². The highest BCUT2D eigenvalue weighted by Crippen LogP contribution is 2.31. The van der Waals surface area contributed by atoms with Gasteiger partial charge in [0.2, 0.25) is 10.0 Å². The molecule has 1 aliphatic heterocycles. The first-order valence-corrected chi connectivity index (χ1v) is 14.0. The molecule has 7 nitrogen and oxygen atoms in total. The SMILES string of the molecule is Cc1ccc2nc(N(CCCN(C)C)C(=O)c3ccc(S(=O)(=O)N4CCCCC4)cc3)sc2c1. The zero-order valence-electron chi connectivity index (χ0n) is 20.0. The first-order chi connectivity index (χ1) is 16.3. The molecule has 1 saturated heterocycles. The van der Waals surface area contributed by atoms with Gasteiger partial charge in [-0.15, -0.1) is 0 Å². The number of aryl methyl sites for hydroxylation is 1. The highest BCUT2D eigenvalue weighted by Gasteiger charge is 2.27. The van der Waals surface area contributed by atoms with E-state index in [1.165, 1.54) is 11.3 Å². The molecule has 0 atom stereocenters. The number of hydrogen-bond donors (Lipinski definition) is 0. The molecular weight excluding hydrogens is 468 g/mol. The topological polar surface area (TPSA) is 73.8 Å². The van der Waals surface area contributed by atoms with Crippen LogP contribution in [0.25, 0.3) is 10.2 Å². The standard InChI is InChI=1S/C25H32N4O3S2/c1-19-8-13-22-23(18-19)33-25(26-22)29(17-7-14-27(2)3)24(30)20-9-11-21(12-10-20)34(31,32)28-15-5-4-6-16-28/h8-13,18H,4-7,14-17H2,1-3H3. The molecule has 2 heterocycles. The van der Waals surface area contributed by atoms with Crippen molar-refractivity contribution >= 4 is 42.6 Å². The Balaban J connectivity index is 1.60. The number of carbonyl (C=O) groups excluding carboxylic acids is 1. The average molecular weight is 501 g/mol. The zero-order chi connectivity index (χ0) is 24.3. The predicted molar refractivity (Wildman–Crippen MR) is 138 cm³/mol. The Morgan fingerprint density at radius 3 is 2.41 bits per heavy atom. The number of rotatable bonds is 8. The van der Waals surface area contributed by atoms with E-state index in [0.29, 0.717) is 30.3 Å². The number of thiazole rings is 1. The molecule has 2 aromatic carbocycles. The highest BCUT2D eigenvalue weighted by atomic mass is 32.2. The molecule has 34 heavy (non-hydrogen) atoms. The Morgan fingerprint density at radius 2 is 1.74 bits per heavy atom. The second kappa shape index (κ2) is 10.5. The van der Waals surface area contributed by atoms with Gasteiger partial charge in [0.15, 0.2) is 5.13 Å². The van der Waals surface area contributed by atoms with Crippen molar-refractivity contribution in [1.29, 1.82) is 0 Å². The molecule has 0 radical (unpaired) electrons. The summed E-state index contributed by atoms with van der Waals surface area (Å²) in [6.45, 7) is 4.53. The van der Waals surface area contributed by atoms with Crippen LogP contribution in [0.3, 0.4) is 0 Å². The van der Waals surface area contributed by atoms with Crippen molar-refractivity contribution in [2.24, 2.45) is 0 Å². The molecule has 1 aromatic heterocycles. The fraction of sp³-hybridized carbons (Fsp3) is 0.440. The Hall–Kier alpha value is -2.33. The van der Waals surface area contributed by atoms with Gasteiger partial charge in [0.05, 0.1) is 15.1 Å². The molecule has 9 heteroatoms. The predicted octanol–water partition coefficient (Wildman–Crippen LogP) is 4.38. The van der Waals surface area contributed by atoms with Crippen LogP contribution in [0.5, 0.6) is 0 Å². The number of carbonyl (C=O) groups is 1. The number of sulfonamides is 1. The summed E-state index contributed by atoms with van der Waals surface area (Å²) in [5.74, 6) is -0.170. The second-order valence-electron chi connectivity index (χ2n) is 9.07. The van der Waals surface area contributed by atoms with Gasteiger partial charge in [0.25, 0.3) is 5.91 Å². The minimum Gasteiger partial charge on any atom is -0.309 e. The van der Waals surface area contributed by atoms with Gasteiger partial charge in [-0.2, -0.15) is 4.31 Å². The molecule has 4 rings (SSSR count). The molecule has 1 fully saturated rings. The first kappa shape index (κ1) is 24.8. The number of amides is 1. The van der Waals surface area contributed by atoms with Crippen molar-refractivity contribution in [2.45, 2.75) is 37.5 Å². The van der Waals surface area contributed by atoms with Crippen LogP contribution >= 0.6 is 11.3 Å². The van der Waals surface area contributed by atoms with Crippen LogP contribution in [0.1, 0.15) is 41.6 Å². The van der Waals surface area contributed by atoms with Crippen LogP contribution in [0.15, 0.2) is 47.4 Å². The van der Waals surface area contributed by atoms with Gasteiger partial charge in [-0.25, -0.2) is 13.4 Å². The van der Waals surface area contributed by atoms with Gasteiger partial charge in [-0.3, -0.25) is 9.69 Å². The monoisotopic (exact) mass is 500 g/mol. The largest absolute Gasteiger partial charge is 0.309 e. The van der Waals surface area contributed by atoms with E-state index in [1.807, 2.05) is 33.2 Å². The molecule has 0 bridgehead atoms. The van der Waals surface area contributed by atoms with Crippen LogP contribution in [-0.4, -0.2) is 68.8 Å². The van der Waals surface area contributed by atoms with E-state index < -0.39 is 10.0 Å². The third kappa shape index (κ3) is 5.49. The molecule has 0 unspecified atom stereocenters. The normalized spacial score (nSPS) is 15.2. The van der Waals surface area contributed by atoms with E-state index in [4.69, 9.17) is 4.98 Å². The first-order valence-electron chi connectivity index (χ1n) is 11.7. The van der Waals surface area contributed by atoms with Crippen molar-refractivity contribution in [1.82, 2.24) is 14.2 Å². The van der Waals surface area contributed by atoms with Gasteiger partial charge < -0.3 is 4.90 Å². The number of fused-ring (bicyclic) bond motifs is 1. The quantitative estimate of drug-likeness (QED) is 0.459. The van der Waals surface area contributed by atoms with Crippen LogP contribution in [0, 0.1) is 6.92 Å². The molecule has 0 saturated carbocycles. The van der Waals surface area contributed by atoms with Crippen molar-refractivity contribution in [3.63, 3.8) is 0 Å². The summed E-state index contributed by atoms with van der Waals surface area (Å²) in [5, 5.41) is 0.661. The molecule has 1 amide bonds. The number of anilines is 1. The van der Waals surface area contributed by atoms with Gasteiger partial charge >= 0.3 is 0 Å². The summed E-state index contributed by atoms with van der Waals surface area (Å²) in [6, 6.07) is 12.4. The Morgan fingerprint density at radius 1 is 1.03 bits per heavy atom. The van der Waals surface area contributed by atoms with Gasteiger partial charge in [-0.05, 0) is 88.8 Å². The van der Waals surface area contributed by atoms with Crippen molar-refractivity contribution in [3.05, 3.63) is 53.6 Å². The van der Waals surface area contributed by atoms with Crippen LogP contribution in [-0.2, 0) is 10.0 Å². The maximum atomic E-state index is 13.5. The van der Waals surface area contributed by atoms with E-state index >= 15 is 0 Å². The fourth-order valence-electron chi connectivity index (χ4n) is 4.14. The maximum absolute atomic E-state index is 13.5. The number of piperidine rings is 1. The third-order valence-corrected chi connectivity index (χ3v) is 9.00. The van der Waals surface area contributed by atoms with Gasteiger partial charge in [0, 0.05) is 25.2 Å². The fourth-order valence-corrected chi connectivity index (χ4v) is 6.75. The Bertz CT molecular complexity index is 1250. The van der Waals surface area contributed by atoms with E-state index in [2.05, 4.69) is 11.0 Å². The smallest absolute Gasteiger partial charge is 0.260 e. The summed E-state index contributed by atoms with van der Waals surface area (Å²) in [4.78, 5) is 22.3. The number of nitrogens with zero attached hydrogens (tertiary/aromatic N) is 4. The van der Waals surface area contributed by atoms with Crippen LogP contribution in [0.4, 0.5) is 5.13 Å². The Kier molecular flexibility index (Phi) is 7.67. The summed E-state index contributed by atoms with van der Waals surface area (Å²) in [6.07, 6.45) is 3.64. The third-order valence-electron chi connectivity index (χ3n) is 6.05. The highest BCUT2D eigenvalue weighted by molar-refractivity contribution is 7.89. The summed E-state index contributed by atoms with van der Waals surface area (Å²) < 4.78 is 28.5. The number of benzene rings is 2. The second-order valence-corrected chi connectivity index (χ2v) is 12.0. The average Bonchev–Trinajstić information content (AvgIpc) is 3.24. The van der Waals surface area contributed by atoms with Crippen molar-refractivity contribution in [2.75, 3.05) is 45.2 Å². The number of aromatic nitrogens is 1. The molecule has 0 N–H and O–H groups in total. The lowest BCUT2D eigenvalue weighted by molar-refractivity contribution is 0.0986. The lowest BCUT2D eigenvalue weighted by Crippen LogP contribution is -2.35. The Labute approximate surface area is 206 Å². The van der Waals surface area contributed by atoms with Crippen LogP contribution < -0.4 is 4.90 Å².